The van der Waals surface area contributed by atoms with Crippen LogP contribution in [-0.2, 0) is 16.1 Å². The molecule has 0 unspecified atom stereocenters. The van der Waals surface area contributed by atoms with Crippen molar-refractivity contribution in [3.63, 3.8) is 0 Å². The summed E-state index contributed by atoms with van der Waals surface area (Å²) in [4.78, 5) is 26.0. The van der Waals surface area contributed by atoms with Crippen LogP contribution in [0.5, 0.6) is 0 Å². The molecular formula is C14H19N3O2. The number of carbonyl (C=O) groups excluding carboxylic acids is 2. The summed E-state index contributed by atoms with van der Waals surface area (Å²) in [6, 6.07) is 0. The molecule has 3 rings (SSSR count). The maximum atomic E-state index is 12.3. The Bertz CT molecular complexity index is 455. The molecule has 1 aromatic heterocycles. The number of H-pyrrole nitrogens is 1. The smallest absolute Gasteiger partial charge is 0.230 e. The summed E-state index contributed by atoms with van der Waals surface area (Å²) in [6.45, 7) is 0.351. The lowest BCUT2D eigenvalue weighted by Crippen LogP contribution is -2.48. The molecule has 5 nitrogen and oxygen atoms in total. The van der Waals surface area contributed by atoms with Crippen LogP contribution in [0.2, 0.25) is 0 Å². The van der Waals surface area contributed by atoms with Crippen LogP contribution in [-0.4, -0.2) is 26.9 Å². The highest BCUT2D eigenvalue weighted by Gasteiger charge is 2.43. The summed E-state index contributed by atoms with van der Waals surface area (Å²) >= 11 is 0. The molecule has 0 bridgehead atoms. The standard InChI is InChI=1S/C14H19N3O2/c18-12-6-14(4-2-1-3-5-14)7-13(19)17(12)10-11-8-15-16-9-11/h8-9H,1-7,10H2,(H,15,16). The topological polar surface area (TPSA) is 66.1 Å². The molecule has 0 radical (unpaired) electrons. The Hall–Kier alpha value is -1.65. The molecule has 102 valence electrons. The van der Waals surface area contributed by atoms with E-state index in [1.165, 1.54) is 11.3 Å². The van der Waals surface area contributed by atoms with Gasteiger partial charge in [-0.05, 0) is 18.3 Å². The third-order valence-electron chi connectivity index (χ3n) is 4.46. The van der Waals surface area contributed by atoms with Crippen LogP contribution >= 0.6 is 0 Å². The van der Waals surface area contributed by atoms with E-state index in [0.29, 0.717) is 19.4 Å². The number of piperidine rings is 1. The number of hydrogen-bond donors (Lipinski definition) is 1. The average Bonchev–Trinajstić information content (AvgIpc) is 2.88. The summed E-state index contributed by atoms with van der Waals surface area (Å²) in [5.41, 5.74) is 0.848. The van der Waals surface area contributed by atoms with Gasteiger partial charge in [-0.3, -0.25) is 19.6 Å². The maximum Gasteiger partial charge on any atom is 0.230 e. The molecule has 2 fully saturated rings. The monoisotopic (exact) mass is 261 g/mol. The van der Waals surface area contributed by atoms with Crippen molar-refractivity contribution in [1.82, 2.24) is 15.1 Å². The molecule has 1 aromatic rings. The van der Waals surface area contributed by atoms with Crippen molar-refractivity contribution in [3.8, 4) is 0 Å². The van der Waals surface area contributed by atoms with E-state index in [9.17, 15) is 9.59 Å². The molecular weight excluding hydrogens is 242 g/mol. The fourth-order valence-electron chi connectivity index (χ4n) is 3.41. The predicted molar refractivity (Wildman–Crippen MR) is 68.9 cm³/mol. The minimum Gasteiger partial charge on any atom is -0.285 e. The first kappa shape index (κ1) is 12.4. The summed E-state index contributed by atoms with van der Waals surface area (Å²) < 4.78 is 0. The number of carbonyl (C=O) groups is 2. The number of aromatic amines is 1. The third kappa shape index (κ3) is 2.41. The Morgan fingerprint density at radius 1 is 1.16 bits per heavy atom. The van der Waals surface area contributed by atoms with Crippen molar-refractivity contribution in [1.29, 1.82) is 0 Å². The fraction of sp³-hybridized carbons (Fsp3) is 0.643. The van der Waals surface area contributed by atoms with Gasteiger partial charge in [0.2, 0.25) is 11.8 Å². The van der Waals surface area contributed by atoms with Gasteiger partial charge in [-0.25, -0.2) is 0 Å². The molecule has 1 spiro atoms. The highest BCUT2D eigenvalue weighted by Crippen LogP contribution is 2.45. The van der Waals surface area contributed by atoms with Crippen molar-refractivity contribution in [3.05, 3.63) is 18.0 Å². The predicted octanol–water partition coefficient (Wildman–Crippen LogP) is 2.01. The maximum absolute atomic E-state index is 12.3. The summed E-state index contributed by atoms with van der Waals surface area (Å²) in [5, 5.41) is 6.55. The van der Waals surface area contributed by atoms with Gasteiger partial charge in [-0.15, -0.1) is 0 Å². The number of imide groups is 1. The van der Waals surface area contributed by atoms with Crippen LogP contribution in [0.3, 0.4) is 0 Å². The van der Waals surface area contributed by atoms with Crippen molar-refractivity contribution in [2.45, 2.75) is 51.5 Å². The SMILES string of the molecule is O=C1CC2(CCCCC2)CC(=O)N1Cc1cn[nH]c1. The quantitative estimate of drug-likeness (QED) is 0.828. The lowest BCUT2D eigenvalue weighted by molar-refractivity contribution is -0.155. The van der Waals surface area contributed by atoms with E-state index in [-0.39, 0.29) is 17.2 Å². The molecule has 19 heavy (non-hydrogen) atoms. The number of hydrogen-bond acceptors (Lipinski definition) is 3. The van der Waals surface area contributed by atoms with Crippen LogP contribution in [0.1, 0.15) is 50.5 Å². The summed E-state index contributed by atoms with van der Waals surface area (Å²) in [7, 11) is 0. The first-order valence-corrected chi connectivity index (χ1v) is 6.99. The van der Waals surface area contributed by atoms with E-state index in [0.717, 1.165) is 31.2 Å². The van der Waals surface area contributed by atoms with E-state index >= 15 is 0 Å². The number of aromatic nitrogens is 2. The van der Waals surface area contributed by atoms with Crippen molar-refractivity contribution >= 4 is 11.8 Å². The zero-order valence-corrected chi connectivity index (χ0v) is 11.0. The van der Waals surface area contributed by atoms with Crippen LogP contribution < -0.4 is 0 Å². The minimum absolute atomic E-state index is 0.0145. The zero-order chi connectivity index (χ0) is 13.3. The second-order valence-corrected chi connectivity index (χ2v) is 5.89. The highest BCUT2D eigenvalue weighted by atomic mass is 16.2. The highest BCUT2D eigenvalue weighted by molar-refractivity contribution is 5.98. The van der Waals surface area contributed by atoms with Crippen LogP contribution in [0.25, 0.3) is 0 Å². The molecule has 1 aliphatic carbocycles. The summed E-state index contributed by atoms with van der Waals surface area (Å²) in [5.74, 6) is -0.0290. The number of amides is 2. The van der Waals surface area contributed by atoms with Gasteiger partial charge in [-0.2, -0.15) is 5.10 Å². The minimum atomic E-state index is -0.0285. The molecule has 0 aromatic carbocycles. The van der Waals surface area contributed by atoms with Gasteiger partial charge in [0.1, 0.15) is 0 Å². The molecule has 1 saturated heterocycles. The number of rotatable bonds is 2. The Morgan fingerprint density at radius 3 is 2.42 bits per heavy atom. The number of nitrogens with one attached hydrogen (secondary N) is 1. The molecule has 2 heterocycles. The van der Waals surface area contributed by atoms with Gasteiger partial charge < -0.3 is 0 Å². The molecule has 1 aliphatic heterocycles. The fourth-order valence-corrected chi connectivity index (χ4v) is 3.41. The largest absolute Gasteiger partial charge is 0.285 e. The van der Waals surface area contributed by atoms with E-state index < -0.39 is 0 Å². The normalized spacial score (nSPS) is 23.1. The molecule has 1 saturated carbocycles. The van der Waals surface area contributed by atoms with Crippen molar-refractivity contribution in [2.75, 3.05) is 0 Å². The Labute approximate surface area is 112 Å². The van der Waals surface area contributed by atoms with E-state index in [1.54, 1.807) is 12.4 Å². The molecule has 5 heteroatoms. The van der Waals surface area contributed by atoms with Crippen LogP contribution in [0, 0.1) is 5.41 Å². The summed E-state index contributed by atoms with van der Waals surface area (Å²) in [6.07, 6.45) is 10.1. The lowest BCUT2D eigenvalue weighted by Gasteiger charge is -2.42. The second-order valence-electron chi connectivity index (χ2n) is 5.89. The van der Waals surface area contributed by atoms with Gasteiger partial charge in [0.25, 0.3) is 0 Å². The third-order valence-corrected chi connectivity index (χ3v) is 4.46. The van der Waals surface area contributed by atoms with Crippen LogP contribution in [0.15, 0.2) is 12.4 Å². The first-order valence-electron chi connectivity index (χ1n) is 6.99. The molecule has 0 atom stereocenters. The average molecular weight is 261 g/mol. The van der Waals surface area contributed by atoms with Gasteiger partial charge in [-0.1, -0.05) is 19.3 Å². The van der Waals surface area contributed by atoms with E-state index in [1.807, 2.05) is 0 Å². The zero-order valence-electron chi connectivity index (χ0n) is 11.0. The lowest BCUT2D eigenvalue weighted by atomic mass is 9.67. The van der Waals surface area contributed by atoms with Crippen molar-refractivity contribution < 1.29 is 9.59 Å². The first-order chi connectivity index (χ1) is 9.19. The van der Waals surface area contributed by atoms with Crippen molar-refractivity contribution in [2.24, 2.45) is 5.41 Å². The van der Waals surface area contributed by atoms with Gasteiger partial charge in [0, 0.05) is 24.6 Å². The van der Waals surface area contributed by atoms with E-state index in [2.05, 4.69) is 10.2 Å². The molecule has 2 aliphatic rings. The van der Waals surface area contributed by atoms with Crippen LogP contribution in [0.4, 0.5) is 0 Å². The number of nitrogens with zero attached hydrogens (tertiary/aromatic N) is 2. The van der Waals surface area contributed by atoms with Gasteiger partial charge in [0.05, 0.1) is 12.7 Å². The Kier molecular flexibility index (Phi) is 3.12. The molecule has 1 N–H and O–H groups in total. The van der Waals surface area contributed by atoms with Gasteiger partial charge >= 0.3 is 0 Å². The molecule has 2 amide bonds. The van der Waals surface area contributed by atoms with Gasteiger partial charge in [0.15, 0.2) is 0 Å². The second kappa shape index (κ2) is 4.79. The Morgan fingerprint density at radius 2 is 1.84 bits per heavy atom. The Balaban J connectivity index is 1.72. The van der Waals surface area contributed by atoms with E-state index in [4.69, 9.17) is 0 Å². The number of likely N-dealkylation sites (tertiary alicyclic amines) is 1.